The fourth-order valence-electron chi connectivity index (χ4n) is 3.80. The van der Waals surface area contributed by atoms with Gasteiger partial charge < -0.3 is 0 Å². The number of carbonyl (C=O) groups is 1. The lowest BCUT2D eigenvalue weighted by Crippen LogP contribution is -2.03. The molecule has 29 heavy (non-hydrogen) atoms. The molecule has 0 unspecified atom stereocenters. The Labute approximate surface area is 168 Å². The molecule has 5 rings (SSSR count). The van der Waals surface area contributed by atoms with Crippen LogP contribution in [0, 0.1) is 11.7 Å². The molecule has 1 fully saturated rings. The number of halogens is 1. The zero-order valence-corrected chi connectivity index (χ0v) is 16.0. The normalized spacial score (nSPS) is 13.7. The van der Waals surface area contributed by atoms with Crippen LogP contribution in [0.5, 0.6) is 0 Å². The van der Waals surface area contributed by atoms with E-state index in [4.69, 9.17) is 0 Å². The number of rotatable bonds is 6. The van der Waals surface area contributed by atoms with Crippen molar-refractivity contribution in [2.45, 2.75) is 25.7 Å². The quantitative estimate of drug-likeness (QED) is 0.426. The van der Waals surface area contributed by atoms with Gasteiger partial charge in [-0.3, -0.25) is 9.20 Å². The summed E-state index contributed by atoms with van der Waals surface area (Å²) in [4.78, 5) is 16.8. The minimum absolute atomic E-state index is 0.242. The maximum absolute atomic E-state index is 13.2. The number of nitrogens with zero attached hydrogens (tertiary/aromatic N) is 2. The van der Waals surface area contributed by atoms with Gasteiger partial charge in [0.25, 0.3) is 0 Å². The van der Waals surface area contributed by atoms with E-state index in [1.165, 1.54) is 25.0 Å². The summed E-state index contributed by atoms with van der Waals surface area (Å²) in [5.74, 6) is 0.708. The van der Waals surface area contributed by atoms with Crippen LogP contribution in [0.1, 0.15) is 24.8 Å². The predicted molar refractivity (Wildman–Crippen MR) is 112 cm³/mol. The van der Waals surface area contributed by atoms with Crippen molar-refractivity contribution < 1.29 is 9.18 Å². The van der Waals surface area contributed by atoms with E-state index in [1.807, 2.05) is 47.1 Å². The topological polar surface area (TPSA) is 34.4 Å². The summed E-state index contributed by atoms with van der Waals surface area (Å²) in [5, 5.41) is 0. The summed E-state index contributed by atoms with van der Waals surface area (Å²) in [6, 6.07) is 18.6. The van der Waals surface area contributed by atoms with Gasteiger partial charge in [-0.05, 0) is 65.8 Å². The Balaban J connectivity index is 1.43. The first-order valence-electron chi connectivity index (χ1n) is 10.00. The van der Waals surface area contributed by atoms with Crippen LogP contribution < -0.4 is 0 Å². The predicted octanol–water partition coefficient (Wildman–Crippen LogP) is 5.72. The molecule has 0 N–H and O–H groups in total. The third-order valence-corrected chi connectivity index (χ3v) is 5.53. The molecule has 0 aliphatic heterocycles. The van der Waals surface area contributed by atoms with Gasteiger partial charge in [0.05, 0.1) is 11.9 Å². The van der Waals surface area contributed by atoms with E-state index in [0.717, 1.165) is 33.6 Å². The summed E-state index contributed by atoms with van der Waals surface area (Å²) in [6.45, 7) is 0. The Morgan fingerprint density at radius 1 is 1.00 bits per heavy atom. The SMILES string of the molecule is O=C(Cc1cccc(-c2cnc3cc(-c4ccc(F)cc4)ccn23)c1)CC1CC1. The van der Waals surface area contributed by atoms with Crippen LogP contribution in [0.3, 0.4) is 0 Å². The van der Waals surface area contributed by atoms with E-state index in [-0.39, 0.29) is 5.82 Å². The van der Waals surface area contributed by atoms with E-state index < -0.39 is 0 Å². The zero-order valence-electron chi connectivity index (χ0n) is 16.0. The summed E-state index contributed by atoms with van der Waals surface area (Å²) < 4.78 is 15.2. The molecule has 0 saturated heterocycles. The molecule has 144 valence electrons. The Kier molecular flexibility index (Phi) is 4.47. The van der Waals surface area contributed by atoms with Crippen LogP contribution in [-0.2, 0) is 11.2 Å². The van der Waals surface area contributed by atoms with Gasteiger partial charge in [-0.15, -0.1) is 0 Å². The van der Waals surface area contributed by atoms with Crippen LogP contribution >= 0.6 is 0 Å². The molecular weight excluding hydrogens is 363 g/mol. The molecule has 1 saturated carbocycles. The first kappa shape index (κ1) is 17.8. The van der Waals surface area contributed by atoms with Gasteiger partial charge in [0, 0.05) is 24.6 Å². The van der Waals surface area contributed by atoms with Crippen molar-refractivity contribution in [2.24, 2.45) is 5.92 Å². The Bertz CT molecular complexity index is 1190. The number of fused-ring (bicyclic) bond motifs is 1. The number of pyridine rings is 1. The summed E-state index contributed by atoms with van der Waals surface area (Å²) in [7, 11) is 0. The standard InChI is InChI=1S/C25H21FN2O/c26-22-8-6-19(7-9-22)20-10-11-28-24(16-27-25(28)15-20)21-3-1-2-18(12-21)14-23(29)13-17-4-5-17/h1-3,6-12,15-17H,4-5,13-14H2. The number of hydrogen-bond donors (Lipinski definition) is 0. The van der Waals surface area contributed by atoms with Crippen molar-refractivity contribution in [3.05, 3.63) is 84.4 Å². The van der Waals surface area contributed by atoms with Gasteiger partial charge in [0.1, 0.15) is 17.2 Å². The minimum Gasteiger partial charge on any atom is -0.300 e. The lowest BCUT2D eigenvalue weighted by atomic mass is 10.0. The van der Waals surface area contributed by atoms with Gasteiger partial charge in [-0.1, -0.05) is 30.3 Å². The second-order valence-electron chi connectivity index (χ2n) is 7.86. The molecule has 2 aromatic heterocycles. The van der Waals surface area contributed by atoms with Crippen molar-refractivity contribution in [1.82, 2.24) is 9.38 Å². The average Bonchev–Trinajstić information content (AvgIpc) is 3.43. The Morgan fingerprint density at radius 2 is 1.83 bits per heavy atom. The van der Waals surface area contributed by atoms with Crippen molar-refractivity contribution in [3.8, 4) is 22.4 Å². The van der Waals surface area contributed by atoms with E-state index in [1.54, 1.807) is 12.1 Å². The first-order chi connectivity index (χ1) is 14.2. The molecule has 0 atom stereocenters. The largest absolute Gasteiger partial charge is 0.300 e. The van der Waals surface area contributed by atoms with Crippen molar-refractivity contribution >= 4 is 11.4 Å². The molecule has 4 heteroatoms. The smallest absolute Gasteiger partial charge is 0.137 e. The Hall–Kier alpha value is -3.27. The van der Waals surface area contributed by atoms with Gasteiger partial charge in [-0.25, -0.2) is 9.37 Å². The van der Waals surface area contributed by atoms with Crippen molar-refractivity contribution in [1.29, 1.82) is 0 Å². The monoisotopic (exact) mass is 384 g/mol. The zero-order chi connectivity index (χ0) is 19.8. The summed E-state index contributed by atoms with van der Waals surface area (Å²) in [6.07, 6.45) is 7.46. The molecule has 2 heterocycles. The second-order valence-corrected chi connectivity index (χ2v) is 7.86. The van der Waals surface area contributed by atoms with Crippen LogP contribution in [0.4, 0.5) is 4.39 Å². The lowest BCUT2D eigenvalue weighted by Gasteiger charge is -2.07. The maximum atomic E-state index is 13.2. The third kappa shape index (κ3) is 3.83. The summed E-state index contributed by atoms with van der Waals surface area (Å²) in [5.41, 5.74) is 5.86. The highest BCUT2D eigenvalue weighted by atomic mass is 19.1. The van der Waals surface area contributed by atoms with Gasteiger partial charge in [-0.2, -0.15) is 0 Å². The number of Topliss-reactive ketones (excluding diaryl/α,β-unsaturated/α-hetero) is 1. The van der Waals surface area contributed by atoms with E-state index in [0.29, 0.717) is 24.5 Å². The van der Waals surface area contributed by atoms with Crippen molar-refractivity contribution in [3.63, 3.8) is 0 Å². The van der Waals surface area contributed by atoms with Crippen LogP contribution in [-0.4, -0.2) is 15.2 Å². The second kappa shape index (κ2) is 7.28. The molecule has 0 bridgehead atoms. The number of hydrogen-bond acceptors (Lipinski definition) is 2. The number of ketones is 1. The number of carbonyl (C=O) groups excluding carboxylic acids is 1. The molecule has 3 nitrogen and oxygen atoms in total. The number of benzene rings is 2. The molecule has 1 aliphatic rings. The fraction of sp³-hybridized carbons (Fsp3) is 0.200. The number of aromatic nitrogens is 2. The first-order valence-corrected chi connectivity index (χ1v) is 10.00. The van der Waals surface area contributed by atoms with Crippen LogP contribution in [0.15, 0.2) is 73.1 Å². The third-order valence-electron chi connectivity index (χ3n) is 5.53. The molecule has 0 spiro atoms. The fourth-order valence-corrected chi connectivity index (χ4v) is 3.80. The highest BCUT2D eigenvalue weighted by molar-refractivity contribution is 5.82. The van der Waals surface area contributed by atoms with E-state index >= 15 is 0 Å². The van der Waals surface area contributed by atoms with Gasteiger partial charge >= 0.3 is 0 Å². The van der Waals surface area contributed by atoms with Gasteiger partial charge in [0.15, 0.2) is 0 Å². The van der Waals surface area contributed by atoms with E-state index in [2.05, 4.69) is 11.1 Å². The van der Waals surface area contributed by atoms with Crippen LogP contribution in [0.25, 0.3) is 28.0 Å². The molecule has 4 aromatic rings. The summed E-state index contributed by atoms with van der Waals surface area (Å²) >= 11 is 0. The maximum Gasteiger partial charge on any atom is 0.137 e. The van der Waals surface area contributed by atoms with Crippen molar-refractivity contribution in [2.75, 3.05) is 0 Å². The molecule has 0 radical (unpaired) electrons. The lowest BCUT2D eigenvalue weighted by molar-refractivity contribution is -0.118. The minimum atomic E-state index is -0.242. The van der Waals surface area contributed by atoms with Crippen LogP contribution in [0.2, 0.25) is 0 Å². The number of imidazole rings is 1. The average molecular weight is 384 g/mol. The highest BCUT2D eigenvalue weighted by Gasteiger charge is 2.24. The highest BCUT2D eigenvalue weighted by Crippen LogP contribution is 2.33. The molecule has 2 aromatic carbocycles. The molecular formula is C25H21FN2O. The van der Waals surface area contributed by atoms with E-state index in [9.17, 15) is 9.18 Å². The Morgan fingerprint density at radius 3 is 2.62 bits per heavy atom. The van der Waals surface area contributed by atoms with Gasteiger partial charge in [0.2, 0.25) is 0 Å². The molecule has 0 amide bonds. The molecule has 1 aliphatic carbocycles.